The molecule has 1 aliphatic heterocycles. The van der Waals surface area contributed by atoms with Gasteiger partial charge in [0, 0.05) is 24.2 Å². The molecule has 0 saturated heterocycles. The predicted octanol–water partition coefficient (Wildman–Crippen LogP) is 2.53. The Balaban J connectivity index is 1.71. The Morgan fingerprint density at radius 3 is 3.19 bits per heavy atom. The third-order valence-electron chi connectivity index (χ3n) is 3.69. The first-order valence-corrected chi connectivity index (χ1v) is 7.35. The Morgan fingerprint density at radius 2 is 2.38 bits per heavy atom. The van der Waals surface area contributed by atoms with Crippen molar-refractivity contribution in [1.82, 2.24) is 10.3 Å². The van der Waals surface area contributed by atoms with E-state index in [4.69, 9.17) is 4.42 Å². The Kier molecular flexibility index (Phi) is 3.90. The SMILES string of the molecule is CCc1cnc(CNC(=O)c2cccc3c2CCCN3)o1. The molecule has 21 heavy (non-hydrogen) atoms. The van der Waals surface area contributed by atoms with Crippen molar-refractivity contribution < 1.29 is 9.21 Å². The van der Waals surface area contributed by atoms with E-state index in [-0.39, 0.29) is 5.91 Å². The molecule has 0 bridgehead atoms. The molecule has 0 aliphatic carbocycles. The molecule has 1 aliphatic rings. The van der Waals surface area contributed by atoms with Crippen LogP contribution in [-0.2, 0) is 19.4 Å². The summed E-state index contributed by atoms with van der Waals surface area (Å²) in [5, 5.41) is 6.21. The lowest BCUT2D eigenvalue weighted by Gasteiger charge is -2.20. The van der Waals surface area contributed by atoms with E-state index >= 15 is 0 Å². The second-order valence-electron chi connectivity index (χ2n) is 5.12. The number of hydrogen-bond acceptors (Lipinski definition) is 4. The smallest absolute Gasteiger partial charge is 0.252 e. The maximum Gasteiger partial charge on any atom is 0.252 e. The molecule has 0 atom stereocenters. The zero-order valence-electron chi connectivity index (χ0n) is 12.1. The molecular formula is C16H19N3O2. The van der Waals surface area contributed by atoms with Gasteiger partial charge < -0.3 is 15.1 Å². The Hall–Kier alpha value is -2.30. The molecule has 2 N–H and O–H groups in total. The van der Waals surface area contributed by atoms with E-state index in [2.05, 4.69) is 15.6 Å². The van der Waals surface area contributed by atoms with Gasteiger partial charge in [-0.2, -0.15) is 0 Å². The van der Waals surface area contributed by atoms with Crippen LogP contribution in [0.25, 0.3) is 0 Å². The van der Waals surface area contributed by atoms with Crippen LogP contribution in [-0.4, -0.2) is 17.4 Å². The van der Waals surface area contributed by atoms with Crippen molar-refractivity contribution in [2.45, 2.75) is 32.7 Å². The molecule has 3 rings (SSSR count). The molecule has 110 valence electrons. The quantitative estimate of drug-likeness (QED) is 0.906. The predicted molar refractivity (Wildman–Crippen MR) is 80.3 cm³/mol. The van der Waals surface area contributed by atoms with Crippen LogP contribution < -0.4 is 10.6 Å². The number of carbonyl (C=O) groups excluding carboxylic acids is 1. The molecule has 1 amide bonds. The lowest BCUT2D eigenvalue weighted by atomic mass is 9.97. The fourth-order valence-electron chi connectivity index (χ4n) is 2.57. The fourth-order valence-corrected chi connectivity index (χ4v) is 2.57. The Labute approximate surface area is 123 Å². The van der Waals surface area contributed by atoms with Crippen LogP contribution >= 0.6 is 0 Å². The molecule has 5 heteroatoms. The van der Waals surface area contributed by atoms with Crippen LogP contribution in [0.4, 0.5) is 5.69 Å². The normalized spacial score (nSPS) is 13.4. The third-order valence-corrected chi connectivity index (χ3v) is 3.69. The number of rotatable bonds is 4. The number of fused-ring (bicyclic) bond motifs is 1. The van der Waals surface area contributed by atoms with Crippen molar-refractivity contribution in [3.8, 4) is 0 Å². The third kappa shape index (κ3) is 2.91. The van der Waals surface area contributed by atoms with Gasteiger partial charge in [0.25, 0.3) is 5.91 Å². The zero-order chi connectivity index (χ0) is 14.7. The molecule has 0 fully saturated rings. The summed E-state index contributed by atoms with van der Waals surface area (Å²) in [6.45, 7) is 3.29. The van der Waals surface area contributed by atoms with Gasteiger partial charge in [-0.1, -0.05) is 13.0 Å². The van der Waals surface area contributed by atoms with Crippen LogP contribution in [0.3, 0.4) is 0 Å². The Bertz CT molecular complexity index is 649. The van der Waals surface area contributed by atoms with Crippen molar-refractivity contribution in [2.75, 3.05) is 11.9 Å². The van der Waals surface area contributed by atoms with Crippen molar-refractivity contribution in [3.63, 3.8) is 0 Å². The minimum atomic E-state index is -0.0770. The molecule has 0 radical (unpaired) electrons. The molecule has 0 saturated carbocycles. The standard InChI is InChI=1S/C16H19N3O2/c1-2-11-9-18-15(21-11)10-19-16(20)13-5-3-7-14-12(13)6-4-8-17-14/h3,5,7,9,17H,2,4,6,8,10H2,1H3,(H,19,20). The highest BCUT2D eigenvalue weighted by Crippen LogP contribution is 2.25. The maximum atomic E-state index is 12.4. The molecule has 2 heterocycles. The van der Waals surface area contributed by atoms with Gasteiger partial charge in [-0.15, -0.1) is 0 Å². The number of nitrogens with zero attached hydrogens (tertiary/aromatic N) is 1. The number of oxazole rings is 1. The van der Waals surface area contributed by atoms with E-state index in [1.807, 2.05) is 25.1 Å². The van der Waals surface area contributed by atoms with Gasteiger partial charge in [-0.25, -0.2) is 4.98 Å². The summed E-state index contributed by atoms with van der Waals surface area (Å²) in [6.07, 6.45) is 4.50. The first-order valence-electron chi connectivity index (χ1n) is 7.35. The highest BCUT2D eigenvalue weighted by atomic mass is 16.4. The molecule has 0 spiro atoms. The maximum absolute atomic E-state index is 12.4. The Morgan fingerprint density at radius 1 is 1.48 bits per heavy atom. The molecular weight excluding hydrogens is 266 g/mol. The van der Waals surface area contributed by atoms with Crippen molar-refractivity contribution >= 4 is 11.6 Å². The number of amides is 1. The first-order chi connectivity index (χ1) is 10.3. The summed E-state index contributed by atoms with van der Waals surface area (Å²) in [6, 6.07) is 5.80. The average Bonchev–Trinajstić information content (AvgIpc) is 3.00. The summed E-state index contributed by atoms with van der Waals surface area (Å²) in [7, 11) is 0. The van der Waals surface area contributed by atoms with Crippen molar-refractivity contribution in [1.29, 1.82) is 0 Å². The van der Waals surface area contributed by atoms with Gasteiger partial charge >= 0.3 is 0 Å². The highest BCUT2D eigenvalue weighted by Gasteiger charge is 2.17. The van der Waals surface area contributed by atoms with E-state index in [9.17, 15) is 4.79 Å². The van der Waals surface area contributed by atoms with Gasteiger partial charge in [-0.05, 0) is 30.5 Å². The van der Waals surface area contributed by atoms with Crippen LogP contribution in [0.2, 0.25) is 0 Å². The molecule has 2 aromatic rings. The van der Waals surface area contributed by atoms with Crippen LogP contribution in [0, 0.1) is 0 Å². The molecule has 1 aromatic heterocycles. The summed E-state index contributed by atoms with van der Waals surface area (Å²) in [4.78, 5) is 16.5. The minimum absolute atomic E-state index is 0.0770. The average molecular weight is 285 g/mol. The largest absolute Gasteiger partial charge is 0.444 e. The van der Waals surface area contributed by atoms with Crippen LogP contribution in [0.5, 0.6) is 0 Å². The van der Waals surface area contributed by atoms with E-state index in [1.165, 1.54) is 0 Å². The van der Waals surface area contributed by atoms with E-state index < -0.39 is 0 Å². The second kappa shape index (κ2) is 5.99. The summed E-state index contributed by atoms with van der Waals surface area (Å²) >= 11 is 0. The van der Waals surface area contributed by atoms with E-state index in [0.717, 1.165) is 48.4 Å². The highest BCUT2D eigenvalue weighted by molar-refractivity contribution is 5.97. The van der Waals surface area contributed by atoms with Crippen molar-refractivity contribution in [2.24, 2.45) is 0 Å². The van der Waals surface area contributed by atoms with Gasteiger partial charge in [0.1, 0.15) is 5.76 Å². The lowest BCUT2D eigenvalue weighted by molar-refractivity contribution is 0.0946. The molecule has 0 unspecified atom stereocenters. The van der Waals surface area contributed by atoms with Crippen LogP contribution in [0.15, 0.2) is 28.8 Å². The van der Waals surface area contributed by atoms with E-state index in [0.29, 0.717) is 12.4 Å². The second-order valence-corrected chi connectivity index (χ2v) is 5.12. The first kappa shape index (κ1) is 13.7. The summed E-state index contributed by atoms with van der Waals surface area (Å²) < 4.78 is 5.49. The van der Waals surface area contributed by atoms with Gasteiger partial charge in [0.05, 0.1) is 12.7 Å². The molecule has 1 aromatic carbocycles. The van der Waals surface area contributed by atoms with Crippen LogP contribution in [0.1, 0.15) is 40.9 Å². The van der Waals surface area contributed by atoms with Gasteiger partial charge in [0.15, 0.2) is 0 Å². The zero-order valence-corrected chi connectivity index (χ0v) is 12.1. The number of nitrogens with one attached hydrogen (secondary N) is 2. The van der Waals surface area contributed by atoms with Gasteiger partial charge in [0.2, 0.25) is 5.89 Å². The lowest BCUT2D eigenvalue weighted by Crippen LogP contribution is -2.25. The number of aryl methyl sites for hydroxylation is 1. The summed E-state index contributed by atoms with van der Waals surface area (Å²) in [5.41, 5.74) is 2.91. The van der Waals surface area contributed by atoms with Gasteiger partial charge in [-0.3, -0.25) is 4.79 Å². The number of benzene rings is 1. The monoisotopic (exact) mass is 285 g/mol. The van der Waals surface area contributed by atoms with Crippen molar-refractivity contribution in [3.05, 3.63) is 47.2 Å². The number of hydrogen-bond donors (Lipinski definition) is 2. The minimum Gasteiger partial charge on any atom is -0.444 e. The number of aromatic nitrogens is 1. The number of anilines is 1. The fraction of sp³-hybridized carbons (Fsp3) is 0.375. The number of carbonyl (C=O) groups is 1. The van der Waals surface area contributed by atoms with E-state index in [1.54, 1.807) is 6.20 Å². The topological polar surface area (TPSA) is 67.2 Å². The molecule has 5 nitrogen and oxygen atoms in total. The summed E-state index contributed by atoms with van der Waals surface area (Å²) in [5.74, 6) is 1.30.